The normalized spacial score (nSPS) is 15.2. The van der Waals surface area contributed by atoms with Crippen molar-refractivity contribution in [1.82, 2.24) is 4.98 Å². The van der Waals surface area contributed by atoms with Crippen LogP contribution in [0.3, 0.4) is 0 Å². The number of anilines is 2. The van der Waals surface area contributed by atoms with Gasteiger partial charge >= 0.3 is 0 Å². The van der Waals surface area contributed by atoms with Gasteiger partial charge in [0.05, 0.1) is 24.6 Å². The first kappa shape index (κ1) is 16.8. The van der Waals surface area contributed by atoms with Gasteiger partial charge in [-0.3, -0.25) is 0 Å². The highest BCUT2D eigenvalue weighted by atomic mass is 35.5. The van der Waals surface area contributed by atoms with Crippen LogP contribution in [-0.2, 0) is 4.74 Å². The molecule has 124 valence electrons. The van der Waals surface area contributed by atoms with Gasteiger partial charge in [0.15, 0.2) is 0 Å². The number of aryl methyl sites for hydroxylation is 1. The SMILES string of the molecule is Cc1csc(/C(C#N)=C/Nc2cc(Cl)ccc2N2CCOCC2)n1. The molecule has 1 N–H and O–H groups in total. The molecule has 0 amide bonds. The number of nitrogens with zero attached hydrogens (tertiary/aromatic N) is 3. The van der Waals surface area contributed by atoms with Crippen molar-refractivity contribution < 1.29 is 4.74 Å². The Bertz CT molecular complexity index is 790. The van der Waals surface area contributed by atoms with E-state index in [1.54, 1.807) is 6.20 Å². The van der Waals surface area contributed by atoms with Gasteiger partial charge < -0.3 is 15.0 Å². The van der Waals surface area contributed by atoms with Crippen molar-refractivity contribution in [1.29, 1.82) is 5.26 Å². The third kappa shape index (κ3) is 3.88. The first-order valence-corrected chi connectivity index (χ1v) is 8.84. The summed E-state index contributed by atoms with van der Waals surface area (Å²) in [5.74, 6) is 0. The standard InChI is InChI=1S/C17H17ClN4OS/c1-12-11-24-17(21-12)13(9-19)10-20-15-8-14(18)2-3-16(15)22-4-6-23-7-5-22/h2-3,8,10-11,20H,4-7H2,1H3/b13-10+. The molecule has 24 heavy (non-hydrogen) atoms. The Morgan fingerprint density at radius 2 is 2.25 bits per heavy atom. The molecule has 0 unspecified atom stereocenters. The van der Waals surface area contributed by atoms with Crippen molar-refractivity contribution in [3.05, 3.63) is 45.5 Å². The highest BCUT2D eigenvalue weighted by molar-refractivity contribution is 7.10. The number of halogens is 1. The second-order valence-corrected chi connectivity index (χ2v) is 6.66. The van der Waals surface area contributed by atoms with E-state index in [1.807, 2.05) is 30.5 Å². The molecule has 1 saturated heterocycles. The second kappa shape index (κ2) is 7.67. The van der Waals surface area contributed by atoms with Gasteiger partial charge in [0.1, 0.15) is 16.6 Å². The monoisotopic (exact) mass is 360 g/mol. The van der Waals surface area contributed by atoms with Crippen LogP contribution < -0.4 is 10.2 Å². The third-order valence-electron chi connectivity index (χ3n) is 3.65. The van der Waals surface area contributed by atoms with Gasteiger partial charge in [0.2, 0.25) is 0 Å². The van der Waals surface area contributed by atoms with Crippen LogP contribution in [0, 0.1) is 18.3 Å². The first-order valence-electron chi connectivity index (χ1n) is 7.59. The summed E-state index contributed by atoms with van der Waals surface area (Å²) in [5, 5.41) is 15.9. The van der Waals surface area contributed by atoms with Crippen molar-refractivity contribution in [3.8, 4) is 6.07 Å². The minimum Gasteiger partial charge on any atom is -0.378 e. The number of benzene rings is 1. The maximum absolute atomic E-state index is 9.39. The lowest BCUT2D eigenvalue weighted by Gasteiger charge is -2.30. The Kier molecular flexibility index (Phi) is 5.36. The molecule has 1 aliphatic heterocycles. The predicted molar refractivity (Wildman–Crippen MR) is 98.5 cm³/mol. The molecular formula is C17H17ClN4OS. The summed E-state index contributed by atoms with van der Waals surface area (Å²) in [7, 11) is 0. The summed E-state index contributed by atoms with van der Waals surface area (Å²) in [6, 6.07) is 7.92. The lowest BCUT2D eigenvalue weighted by molar-refractivity contribution is 0.123. The molecule has 0 atom stereocenters. The van der Waals surface area contributed by atoms with Crippen molar-refractivity contribution in [2.45, 2.75) is 6.92 Å². The molecule has 0 saturated carbocycles. The van der Waals surface area contributed by atoms with E-state index in [9.17, 15) is 5.26 Å². The quantitative estimate of drug-likeness (QED) is 0.837. The zero-order chi connectivity index (χ0) is 16.9. The summed E-state index contributed by atoms with van der Waals surface area (Å²) < 4.78 is 5.41. The Labute approximate surface area is 150 Å². The van der Waals surface area contributed by atoms with Crippen LogP contribution in [0.2, 0.25) is 5.02 Å². The zero-order valence-corrected chi connectivity index (χ0v) is 14.8. The summed E-state index contributed by atoms with van der Waals surface area (Å²) in [5.41, 5.74) is 3.32. The van der Waals surface area contributed by atoms with E-state index in [0.717, 1.165) is 30.2 Å². The number of ether oxygens (including phenoxy) is 1. The van der Waals surface area contributed by atoms with Gasteiger partial charge in [0, 0.05) is 35.4 Å². The minimum atomic E-state index is 0.501. The molecule has 2 aromatic rings. The van der Waals surface area contributed by atoms with E-state index in [-0.39, 0.29) is 0 Å². The van der Waals surface area contributed by atoms with Crippen LogP contribution in [0.5, 0.6) is 0 Å². The average Bonchev–Trinajstić information content (AvgIpc) is 3.03. The lowest BCUT2D eigenvalue weighted by atomic mass is 10.2. The zero-order valence-electron chi connectivity index (χ0n) is 13.3. The van der Waals surface area contributed by atoms with E-state index in [0.29, 0.717) is 28.8 Å². The molecule has 0 aliphatic carbocycles. The maximum atomic E-state index is 9.39. The smallest absolute Gasteiger partial charge is 0.135 e. The first-order chi connectivity index (χ1) is 11.7. The van der Waals surface area contributed by atoms with Gasteiger partial charge in [-0.05, 0) is 25.1 Å². The van der Waals surface area contributed by atoms with Crippen molar-refractivity contribution >= 4 is 39.9 Å². The topological polar surface area (TPSA) is 61.2 Å². The predicted octanol–water partition coefficient (Wildman–Crippen LogP) is 3.92. The van der Waals surface area contributed by atoms with Crippen LogP contribution in [0.4, 0.5) is 11.4 Å². The van der Waals surface area contributed by atoms with E-state index >= 15 is 0 Å². The minimum absolute atomic E-state index is 0.501. The molecule has 0 bridgehead atoms. The molecule has 7 heteroatoms. The maximum Gasteiger partial charge on any atom is 0.135 e. The molecule has 2 heterocycles. The van der Waals surface area contributed by atoms with Gasteiger partial charge in [-0.15, -0.1) is 11.3 Å². The van der Waals surface area contributed by atoms with Gasteiger partial charge in [0.25, 0.3) is 0 Å². The number of rotatable bonds is 4. The Morgan fingerprint density at radius 3 is 2.92 bits per heavy atom. The second-order valence-electron chi connectivity index (χ2n) is 5.37. The molecular weight excluding hydrogens is 344 g/mol. The molecule has 0 spiro atoms. The number of nitriles is 1. The summed E-state index contributed by atoms with van der Waals surface area (Å²) >= 11 is 7.60. The van der Waals surface area contributed by atoms with E-state index in [1.165, 1.54) is 11.3 Å². The van der Waals surface area contributed by atoms with Crippen molar-refractivity contribution in [2.75, 3.05) is 36.5 Å². The van der Waals surface area contributed by atoms with Crippen LogP contribution >= 0.6 is 22.9 Å². The molecule has 0 radical (unpaired) electrons. The number of thiazole rings is 1. The highest BCUT2D eigenvalue weighted by Gasteiger charge is 2.15. The van der Waals surface area contributed by atoms with Gasteiger partial charge in [-0.1, -0.05) is 11.6 Å². The molecule has 3 rings (SSSR count). The van der Waals surface area contributed by atoms with E-state index in [2.05, 4.69) is 21.3 Å². The molecule has 1 aromatic heterocycles. The molecule has 1 aromatic carbocycles. The highest BCUT2D eigenvalue weighted by Crippen LogP contribution is 2.30. The number of allylic oxidation sites excluding steroid dienone is 1. The van der Waals surface area contributed by atoms with Gasteiger partial charge in [-0.2, -0.15) is 5.26 Å². The largest absolute Gasteiger partial charge is 0.378 e. The van der Waals surface area contributed by atoms with Crippen molar-refractivity contribution in [2.24, 2.45) is 0 Å². The van der Waals surface area contributed by atoms with Crippen molar-refractivity contribution in [3.63, 3.8) is 0 Å². The van der Waals surface area contributed by atoms with E-state index < -0.39 is 0 Å². The summed E-state index contributed by atoms with van der Waals surface area (Å²) in [4.78, 5) is 6.60. The lowest BCUT2D eigenvalue weighted by Crippen LogP contribution is -2.36. The number of hydrogen-bond acceptors (Lipinski definition) is 6. The third-order valence-corrected chi connectivity index (χ3v) is 4.88. The Balaban J connectivity index is 1.87. The number of morpholine rings is 1. The molecule has 1 fully saturated rings. The number of aromatic nitrogens is 1. The van der Waals surface area contributed by atoms with Gasteiger partial charge in [-0.25, -0.2) is 4.98 Å². The fourth-order valence-electron chi connectivity index (χ4n) is 2.47. The summed E-state index contributed by atoms with van der Waals surface area (Å²) in [6.07, 6.45) is 1.69. The van der Waals surface area contributed by atoms with Crippen LogP contribution in [-0.4, -0.2) is 31.3 Å². The number of hydrogen-bond donors (Lipinski definition) is 1. The number of nitrogens with one attached hydrogen (secondary N) is 1. The van der Waals surface area contributed by atoms with Crippen LogP contribution in [0.15, 0.2) is 29.8 Å². The molecule has 5 nitrogen and oxygen atoms in total. The van der Waals surface area contributed by atoms with Crippen LogP contribution in [0.1, 0.15) is 10.7 Å². The van der Waals surface area contributed by atoms with E-state index in [4.69, 9.17) is 16.3 Å². The average molecular weight is 361 g/mol. The Morgan fingerprint density at radius 1 is 1.46 bits per heavy atom. The fraction of sp³-hybridized carbons (Fsp3) is 0.294. The molecule has 1 aliphatic rings. The summed E-state index contributed by atoms with van der Waals surface area (Å²) in [6.45, 7) is 4.99. The fourth-order valence-corrected chi connectivity index (χ4v) is 3.41. The Hall–Kier alpha value is -2.07. The van der Waals surface area contributed by atoms with Crippen LogP contribution in [0.25, 0.3) is 5.57 Å².